The van der Waals surface area contributed by atoms with Crippen LogP contribution >= 0.6 is 0 Å². The SMILES string of the molecule is CCCNC1CCOCC1CN(CC(C)C)C(C)C. The van der Waals surface area contributed by atoms with Crippen molar-refractivity contribution in [3.8, 4) is 0 Å². The molecule has 0 aromatic rings. The number of hydrogen-bond acceptors (Lipinski definition) is 3. The highest BCUT2D eigenvalue weighted by atomic mass is 16.5. The zero-order chi connectivity index (χ0) is 14.3. The predicted molar refractivity (Wildman–Crippen MR) is 82.6 cm³/mol. The first-order valence-electron chi connectivity index (χ1n) is 8.09. The van der Waals surface area contributed by atoms with Gasteiger partial charge in [-0.25, -0.2) is 0 Å². The Morgan fingerprint density at radius 3 is 2.58 bits per heavy atom. The van der Waals surface area contributed by atoms with Gasteiger partial charge in [-0.15, -0.1) is 0 Å². The summed E-state index contributed by atoms with van der Waals surface area (Å²) < 4.78 is 5.71. The Morgan fingerprint density at radius 2 is 2.00 bits per heavy atom. The molecule has 1 heterocycles. The van der Waals surface area contributed by atoms with Crippen LogP contribution in [0, 0.1) is 11.8 Å². The molecule has 0 bridgehead atoms. The normalized spacial score (nSPS) is 24.6. The molecule has 0 aliphatic carbocycles. The summed E-state index contributed by atoms with van der Waals surface area (Å²) in [6.07, 6.45) is 2.38. The molecular weight excluding hydrogens is 236 g/mol. The van der Waals surface area contributed by atoms with Crippen molar-refractivity contribution < 1.29 is 4.74 Å². The van der Waals surface area contributed by atoms with Gasteiger partial charge in [0.1, 0.15) is 0 Å². The van der Waals surface area contributed by atoms with Crippen LogP contribution in [0.5, 0.6) is 0 Å². The van der Waals surface area contributed by atoms with Gasteiger partial charge in [0.2, 0.25) is 0 Å². The van der Waals surface area contributed by atoms with Crippen molar-refractivity contribution in [2.45, 2.75) is 59.5 Å². The summed E-state index contributed by atoms with van der Waals surface area (Å²) in [6, 6.07) is 1.26. The fourth-order valence-corrected chi connectivity index (χ4v) is 2.84. The molecule has 0 radical (unpaired) electrons. The zero-order valence-corrected chi connectivity index (χ0v) is 13.6. The first kappa shape index (κ1) is 16.9. The number of hydrogen-bond donors (Lipinski definition) is 1. The summed E-state index contributed by atoms with van der Waals surface area (Å²) in [7, 11) is 0. The lowest BCUT2D eigenvalue weighted by atomic mass is 9.94. The van der Waals surface area contributed by atoms with E-state index < -0.39 is 0 Å². The van der Waals surface area contributed by atoms with Crippen LogP contribution in [-0.2, 0) is 4.74 Å². The highest BCUT2D eigenvalue weighted by Crippen LogP contribution is 2.18. The van der Waals surface area contributed by atoms with Gasteiger partial charge in [0.15, 0.2) is 0 Å². The maximum absolute atomic E-state index is 5.71. The van der Waals surface area contributed by atoms with Crippen molar-refractivity contribution >= 4 is 0 Å². The smallest absolute Gasteiger partial charge is 0.0521 e. The molecular formula is C16H34N2O. The van der Waals surface area contributed by atoms with Crippen LogP contribution in [0.4, 0.5) is 0 Å². The Hall–Kier alpha value is -0.120. The minimum absolute atomic E-state index is 0.621. The molecule has 1 saturated heterocycles. The Balaban J connectivity index is 2.52. The zero-order valence-electron chi connectivity index (χ0n) is 13.6. The lowest BCUT2D eigenvalue weighted by Gasteiger charge is -2.38. The Kier molecular flexibility index (Phi) is 7.96. The van der Waals surface area contributed by atoms with E-state index in [1.807, 2.05) is 0 Å². The van der Waals surface area contributed by atoms with E-state index >= 15 is 0 Å². The van der Waals surface area contributed by atoms with E-state index in [-0.39, 0.29) is 0 Å². The number of nitrogens with one attached hydrogen (secondary N) is 1. The molecule has 0 aromatic heterocycles. The molecule has 1 rings (SSSR count). The summed E-state index contributed by atoms with van der Waals surface area (Å²) >= 11 is 0. The van der Waals surface area contributed by atoms with Crippen LogP contribution in [0.15, 0.2) is 0 Å². The highest BCUT2D eigenvalue weighted by Gasteiger charge is 2.27. The summed E-state index contributed by atoms with van der Waals surface area (Å²) in [5.41, 5.74) is 0. The van der Waals surface area contributed by atoms with Crippen molar-refractivity contribution in [1.82, 2.24) is 10.2 Å². The fraction of sp³-hybridized carbons (Fsp3) is 1.00. The van der Waals surface area contributed by atoms with Gasteiger partial charge in [-0.1, -0.05) is 20.8 Å². The second kappa shape index (κ2) is 8.93. The third-order valence-electron chi connectivity index (χ3n) is 3.93. The van der Waals surface area contributed by atoms with Crippen LogP contribution < -0.4 is 5.32 Å². The molecule has 3 heteroatoms. The maximum Gasteiger partial charge on any atom is 0.0521 e. The molecule has 0 spiro atoms. The van der Waals surface area contributed by atoms with Gasteiger partial charge in [-0.05, 0) is 39.2 Å². The van der Waals surface area contributed by atoms with E-state index in [0.29, 0.717) is 18.0 Å². The molecule has 0 amide bonds. The lowest BCUT2D eigenvalue weighted by Crippen LogP contribution is -2.49. The summed E-state index contributed by atoms with van der Waals surface area (Å²) in [4.78, 5) is 2.62. The van der Waals surface area contributed by atoms with Crippen LogP contribution in [0.3, 0.4) is 0 Å². The third-order valence-corrected chi connectivity index (χ3v) is 3.93. The topological polar surface area (TPSA) is 24.5 Å². The molecule has 0 aromatic carbocycles. The highest BCUT2D eigenvalue weighted by molar-refractivity contribution is 4.83. The third kappa shape index (κ3) is 6.24. The van der Waals surface area contributed by atoms with Crippen LogP contribution in [-0.4, -0.2) is 49.8 Å². The Labute approximate surface area is 120 Å². The first-order valence-corrected chi connectivity index (χ1v) is 8.09. The van der Waals surface area contributed by atoms with Crippen molar-refractivity contribution in [2.24, 2.45) is 11.8 Å². The minimum atomic E-state index is 0.621. The number of ether oxygens (including phenoxy) is 1. The molecule has 0 saturated carbocycles. The molecule has 3 nitrogen and oxygen atoms in total. The van der Waals surface area contributed by atoms with Gasteiger partial charge in [0, 0.05) is 37.7 Å². The van der Waals surface area contributed by atoms with Gasteiger partial charge in [-0.3, -0.25) is 0 Å². The predicted octanol–water partition coefficient (Wildman–Crippen LogP) is 2.76. The van der Waals surface area contributed by atoms with Gasteiger partial charge in [-0.2, -0.15) is 0 Å². The molecule has 1 N–H and O–H groups in total. The Morgan fingerprint density at radius 1 is 1.26 bits per heavy atom. The van der Waals surface area contributed by atoms with E-state index in [4.69, 9.17) is 4.74 Å². The number of rotatable bonds is 8. The summed E-state index contributed by atoms with van der Waals surface area (Å²) in [5, 5.41) is 3.71. The molecule has 19 heavy (non-hydrogen) atoms. The average molecular weight is 270 g/mol. The van der Waals surface area contributed by atoms with E-state index in [9.17, 15) is 0 Å². The van der Waals surface area contributed by atoms with Crippen molar-refractivity contribution in [2.75, 3.05) is 32.8 Å². The van der Waals surface area contributed by atoms with Gasteiger partial charge in [0.25, 0.3) is 0 Å². The van der Waals surface area contributed by atoms with E-state index in [1.54, 1.807) is 0 Å². The van der Waals surface area contributed by atoms with Crippen LogP contribution in [0.25, 0.3) is 0 Å². The van der Waals surface area contributed by atoms with E-state index in [0.717, 1.165) is 38.6 Å². The van der Waals surface area contributed by atoms with Crippen molar-refractivity contribution in [3.05, 3.63) is 0 Å². The maximum atomic E-state index is 5.71. The van der Waals surface area contributed by atoms with Gasteiger partial charge in [0.05, 0.1) is 6.61 Å². The minimum Gasteiger partial charge on any atom is -0.381 e. The van der Waals surface area contributed by atoms with E-state index in [1.165, 1.54) is 13.0 Å². The molecule has 2 unspecified atom stereocenters. The van der Waals surface area contributed by atoms with Crippen LogP contribution in [0.2, 0.25) is 0 Å². The van der Waals surface area contributed by atoms with Crippen molar-refractivity contribution in [1.29, 1.82) is 0 Å². The summed E-state index contributed by atoms with van der Waals surface area (Å²) in [5.74, 6) is 1.37. The number of nitrogens with zero attached hydrogens (tertiary/aromatic N) is 1. The Bertz CT molecular complexity index is 231. The quantitative estimate of drug-likeness (QED) is 0.734. The summed E-state index contributed by atoms with van der Waals surface area (Å²) in [6.45, 7) is 16.8. The fourth-order valence-electron chi connectivity index (χ4n) is 2.84. The molecule has 114 valence electrons. The molecule has 1 aliphatic rings. The standard InChI is InChI=1S/C16H34N2O/c1-6-8-17-16-7-9-19-12-15(16)11-18(14(4)5)10-13(2)3/h13-17H,6-12H2,1-5H3. The van der Waals surface area contributed by atoms with Gasteiger partial charge >= 0.3 is 0 Å². The van der Waals surface area contributed by atoms with Crippen molar-refractivity contribution in [3.63, 3.8) is 0 Å². The molecule has 1 aliphatic heterocycles. The monoisotopic (exact) mass is 270 g/mol. The largest absolute Gasteiger partial charge is 0.381 e. The van der Waals surface area contributed by atoms with Crippen LogP contribution in [0.1, 0.15) is 47.5 Å². The van der Waals surface area contributed by atoms with Gasteiger partial charge < -0.3 is 15.0 Å². The average Bonchev–Trinajstić information content (AvgIpc) is 2.36. The second-order valence-electron chi connectivity index (χ2n) is 6.63. The van der Waals surface area contributed by atoms with E-state index in [2.05, 4.69) is 44.8 Å². The molecule has 2 atom stereocenters. The molecule has 1 fully saturated rings. The first-order chi connectivity index (χ1) is 9.04. The second-order valence-corrected chi connectivity index (χ2v) is 6.63. The lowest BCUT2D eigenvalue weighted by molar-refractivity contribution is 0.0103.